The van der Waals surface area contributed by atoms with Gasteiger partial charge in [-0.2, -0.15) is 10.5 Å². The Balaban J connectivity index is 2.58. The predicted octanol–water partition coefficient (Wildman–Crippen LogP) is 4.69. The van der Waals surface area contributed by atoms with E-state index in [1.807, 2.05) is 20.8 Å². The van der Waals surface area contributed by atoms with Gasteiger partial charge in [-0.1, -0.05) is 19.1 Å². The Labute approximate surface area is 148 Å². The third-order valence-corrected chi connectivity index (χ3v) is 4.46. The van der Waals surface area contributed by atoms with E-state index in [1.54, 1.807) is 38.1 Å². The van der Waals surface area contributed by atoms with Gasteiger partial charge in [0.05, 0.1) is 17.2 Å². The van der Waals surface area contributed by atoms with Crippen molar-refractivity contribution in [2.75, 3.05) is 0 Å². The number of ether oxygens (including phenoxy) is 1. The van der Waals surface area contributed by atoms with E-state index in [9.17, 15) is 10.1 Å². The Hall–Kier alpha value is -3.05. The third kappa shape index (κ3) is 3.41. The van der Waals surface area contributed by atoms with E-state index in [-0.39, 0.29) is 0 Å². The Kier molecular flexibility index (Phi) is 4.99. The molecule has 0 aliphatic rings. The molecule has 0 spiro atoms. The van der Waals surface area contributed by atoms with Gasteiger partial charge in [0.15, 0.2) is 0 Å². The lowest BCUT2D eigenvalue weighted by molar-refractivity contribution is 0.0367. The van der Waals surface area contributed by atoms with Crippen LogP contribution < -0.4 is 0 Å². The molecular formula is C20H21N3O2. The van der Waals surface area contributed by atoms with E-state index in [0.717, 1.165) is 5.56 Å². The van der Waals surface area contributed by atoms with Crippen molar-refractivity contribution >= 4 is 6.09 Å². The molecule has 1 aromatic heterocycles. The van der Waals surface area contributed by atoms with Crippen molar-refractivity contribution in [3.05, 3.63) is 46.8 Å². The van der Waals surface area contributed by atoms with Crippen molar-refractivity contribution < 1.29 is 9.53 Å². The van der Waals surface area contributed by atoms with Crippen LogP contribution in [0.4, 0.5) is 4.79 Å². The highest BCUT2D eigenvalue weighted by Crippen LogP contribution is 2.32. The van der Waals surface area contributed by atoms with Gasteiger partial charge in [0.2, 0.25) is 0 Å². The highest BCUT2D eigenvalue weighted by molar-refractivity contribution is 5.83. The largest absolute Gasteiger partial charge is 0.443 e. The molecule has 25 heavy (non-hydrogen) atoms. The Bertz CT molecular complexity index is 891. The lowest BCUT2D eigenvalue weighted by Gasteiger charge is -2.24. The summed E-state index contributed by atoms with van der Waals surface area (Å²) in [5.74, 6) is 0. The molecule has 0 radical (unpaired) electrons. The zero-order valence-electron chi connectivity index (χ0n) is 15.2. The fourth-order valence-corrected chi connectivity index (χ4v) is 2.67. The lowest BCUT2D eigenvalue weighted by atomic mass is 10.0. The molecule has 0 unspecified atom stereocenters. The first-order valence-corrected chi connectivity index (χ1v) is 8.11. The van der Waals surface area contributed by atoms with Crippen LogP contribution in [-0.2, 0) is 4.74 Å². The van der Waals surface area contributed by atoms with Gasteiger partial charge in [0.1, 0.15) is 11.7 Å². The highest BCUT2D eigenvalue weighted by atomic mass is 16.6. The van der Waals surface area contributed by atoms with Gasteiger partial charge in [-0.15, -0.1) is 0 Å². The predicted molar refractivity (Wildman–Crippen MR) is 95.0 cm³/mol. The summed E-state index contributed by atoms with van der Waals surface area (Å²) in [4.78, 5) is 12.7. The molecule has 0 fully saturated rings. The molecule has 0 saturated heterocycles. The molecule has 1 heterocycles. The van der Waals surface area contributed by atoms with Crippen LogP contribution in [0, 0.1) is 36.5 Å². The summed E-state index contributed by atoms with van der Waals surface area (Å²) in [5, 5.41) is 18.5. The van der Waals surface area contributed by atoms with Gasteiger partial charge in [-0.25, -0.2) is 4.79 Å². The maximum Gasteiger partial charge on any atom is 0.418 e. The van der Waals surface area contributed by atoms with Gasteiger partial charge in [0, 0.05) is 17.0 Å². The summed E-state index contributed by atoms with van der Waals surface area (Å²) in [6.07, 6.45) is 0.198. The molecule has 0 saturated carbocycles. The minimum Gasteiger partial charge on any atom is -0.443 e. The van der Waals surface area contributed by atoms with Gasteiger partial charge in [-0.3, -0.25) is 4.57 Å². The maximum absolute atomic E-state index is 12.7. The topological polar surface area (TPSA) is 78.8 Å². The molecule has 128 valence electrons. The second-order valence-corrected chi connectivity index (χ2v) is 6.54. The molecule has 0 atom stereocenters. The van der Waals surface area contributed by atoms with Crippen molar-refractivity contribution in [1.82, 2.24) is 4.57 Å². The summed E-state index contributed by atoms with van der Waals surface area (Å²) >= 11 is 0. The molecular weight excluding hydrogens is 314 g/mol. The quantitative estimate of drug-likeness (QED) is 0.815. The standard InChI is InChI=1S/C20H21N3O2/c1-6-20(4,5)25-19(24)23-13(2)17(12-22)18(14(23)3)16-9-7-15(11-21)8-10-16/h7-10H,6H2,1-5H3. The summed E-state index contributed by atoms with van der Waals surface area (Å²) in [6, 6.07) is 11.2. The molecule has 5 heteroatoms. The van der Waals surface area contributed by atoms with Crippen molar-refractivity contribution in [3.8, 4) is 23.3 Å². The molecule has 0 bridgehead atoms. The van der Waals surface area contributed by atoms with Gasteiger partial charge in [-0.05, 0) is 51.8 Å². The van der Waals surface area contributed by atoms with Crippen molar-refractivity contribution in [2.45, 2.75) is 46.6 Å². The maximum atomic E-state index is 12.7. The first-order valence-electron chi connectivity index (χ1n) is 8.11. The number of carbonyl (C=O) groups is 1. The van der Waals surface area contributed by atoms with E-state index in [2.05, 4.69) is 12.1 Å². The number of nitrogens with zero attached hydrogens (tertiary/aromatic N) is 3. The lowest BCUT2D eigenvalue weighted by Crippen LogP contribution is -2.30. The van der Waals surface area contributed by atoms with Gasteiger partial charge >= 0.3 is 6.09 Å². The summed E-state index contributed by atoms with van der Waals surface area (Å²) in [5.41, 5.74) is 3.08. The average molecular weight is 335 g/mol. The Morgan fingerprint density at radius 2 is 1.72 bits per heavy atom. The number of nitriles is 2. The number of benzene rings is 1. The van der Waals surface area contributed by atoms with E-state index in [0.29, 0.717) is 34.5 Å². The number of hydrogen-bond acceptors (Lipinski definition) is 4. The fraction of sp³-hybridized carbons (Fsp3) is 0.350. The second-order valence-electron chi connectivity index (χ2n) is 6.54. The van der Waals surface area contributed by atoms with Crippen LogP contribution in [0.1, 0.15) is 49.7 Å². The third-order valence-electron chi connectivity index (χ3n) is 4.46. The van der Waals surface area contributed by atoms with E-state index in [4.69, 9.17) is 10.00 Å². The second kappa shape index (κ2) is 6.83. The molecule has 1 aromatic carbocycles. The SMILES string of the molecule is CCC(C)(C)OC(=O)n1c(C)c(C#N)c(-c2ccc(C#N)cc2)c1C. The molecule has 0 amide bonds. The Morgan fingerprint density at radius 3 is 2.20 bits per heavy atom. The first-order chi connectivity index (χ1) is 11.8. The van der Waals surface area contributed by atoms with E-state index >= 15 is 0 Å². The van der Waals surface area contributed by atoms with Gasteiger partial charge < -0.3 is 4.74 Å². The Morgan fingerprint density at radius 1 is 1.12 bits per heavy atom. The summed E-state index contributed by atoms with van der Waals surface area (Å²) in [7, 11) is 0. The summed E-state index contributed by atoms with van der Waals surface area (Å²) < 4.78 is 7.04. The summed E-state index contributed by atoms with van der Waals surface area (Å²) in [6.45, 7) is 9.18. The van der Waals surface area contributed by atoms with Crippen LogP contribution in [0.5, 0.6) is 0 Å². The molecule has 0 aliphatic heterocycles. The molecule has 5 nitrogen and oxygen atoms in total. The highest BCUT2D eigenvalue weighted by Gasteiger charge is 2.27. The van der Waals surface area contributed by atoms with Crippen LogP contribution in [0.15, 0.2) is 24.3 Å². The zero-order valence-corrected chi connectivity index (χ0v) is 15.2. The van der Waals surface area contributed by atoms with Crippen LogP contribution in [-0.4, -0.2) is 16.3 Å². The zero-order chi connectivity index (χ0) is 18.8. The van der Waals surface area contributed by atoms with Crippen LogP contribution in [0.3, 0.4) is 0 Å². The molecule has 2 rings (SSSR count). The van der Waals surface area contributed by atoms with E-state index < -0.39 is 11.7 Å². The normalized spacial score (nSPS) is 10.8. The van der Waals surface area contributed by atoms with Gasteiger partial charge in [0.25, 0.3) is 0 Å². The monoisotopic (exact) mass is 335 g/mol. The van der Waals surface area contributed by atoms with Crippen LogP contribution in [0.25, 0.3) is 11.1 Å². The number of hydrogen-bond donors (Lipinski definition) is 0. The number of carbonyl (C=O) groups excluding carboxylic acids is 1. The van der Waals surface area contributed by atoms with Crippen LogP contribution >= 0.6 is 0 Å². The number of rotatable bonds is 3. The molecule has 2 aromatic rings. The fourth-order valence-electron chi connectivity index (χ4n) is 2.67. The van der Waals surface area contributed by atoms with Crippen molar-refractivity contribution in [3.63, 3.8) is 0 Å². The van der Waals surface area contributed by atoms with E-state index in [1.165, 1.54) is 4.57 Å². The first kappa shape index (κ1) is 18.3. The smallest absolute Gasteiger partial charge is 0.418 e. The average Bonchev–Trinajstić information content (AvgIpc) is 2.84. The number of aromatic nitrogens is 1. The molecule has 0 N–H and O–H groups in total. The minimum atomic E-state index is -0.582. The van der Waals surface area contributed by atoms with Crippen molar-refractivity contribution in [1.29, 1.82) is 10.5 Å². The molecule has 0 aliphatic carbocycles. The van der Waals surface area contributed by atoms with Crippen LogP contribution in [0.2, 0.25) is 0 Å². The van der Waals surface area contributed by atoms with Crippen molar-refractivity contribution in [2.24, 2.45) is 0 Å². The minimum absolute atomic E-state index is 0.438.